The second-order valence-corrected chi connectivity index (χ2v) is 9.21. The summed E-state index contributed by atoms with van der Waals surface area (Å²) in [6.45, 7) is 3.43. The molecule has 0 bridgehead atoms. The maximum absolute atomic E-state index is 12.0. The molecule has 2 unspecified atom stereocenters. The van der Waals surface area contributed by atoms with Crippen LogP contribution in [-0.4, -0.2) is 41.3 Å². The van der Waals surface area contributed by atoms with Gasteiger partial charge >= 0.3 is 30.7 Å². The van der Waals surface area contributed by atoms with E-state index in [9.17, 15) is 19.1 Å². The zero-order valence-electron chi connectivity index (χ0n) is 14.2. The largest absolute Gasteiger partial charge is 0.476 e. The Morgan fingerprint density at radius 2 is 2.11 bits per heavy atom. The number of nitrogens with two attached hydrogens (primary N) is 1. The average Bonchev–Trinajstić information content (AvgIpc) is 2.87. The molecule has 0 spiro atoms. The Morgan fingerprint density at radius 1 is 1.44 bits per heavy atom. The Bertz CT molecular complexity index is 745. The van der Waals surface area contributed by atoms with E-state index < -0.39 is 49.2 Å². The number of phosphoric acid groups is 1. The normalized spacial score (nSPS) is 26.7. The van der Waals surface area contributed by atoms with E-state index in [1.165, 1.54) is 16.8 Å². The second-order valence-electron chi connectivity index (χ2n) is 5.76. The van der Waals surface area contributed by atoms with Gasteiger partial charge in [-0.25, -0.2) is 18.0 Å². The quantitative estimate of drug-likeness (QED) is 0.351. The maximum atomic E-state index is 12.0. The first-order valence-corrected chi connectivity index (χ1v) is 11.3. The first-order valence-electron chi connectivity index (χ1n) is 7.54. The summed E-state index contributed by atoms with van der Waals surface area (Å²) in [5.41, 5.74) is 4.91. The molecule has 6 atom stereocenters. The maximum Gasteiger partial charge on any atom is 0.476 e. The lowest BCUT2D eigenvalue weighted by Gasteiger charge is -2.23. The van der Waals surface area contributed by atoms with Crippen molar-refractivity contribution < 1.29 is 42.0 Å². The van der Waals surface area contributed by atoms with Crippen LogP contribution in [0.5, 0.6) is 0 Å². The summed E-state index contributed by atoms with van der Waals surface area (Å²) in [7, 11) is -10.7. The Kier molecular flexibility index (Phi) is 7.83. The summed E-state index contributed by atoms with van der Waals surface area (Å²) in [4.78, 5) is 51.6. The number of rotatable bonds is 8. The molecule has 0 saturated carbocycles. The molecule has 1 aromatic rings. The Balaban J connectivity index is 1.93. The van der Waals surface area contributed by atoms with Gasteiger partial charge in [-0.15, -0.1) is 0 Å². The molecule has 154 valence electrons. The molecule has 1 aliphatic rings. The second kappa shape index (κ2) is 9.30. The zero-order chi connectivity index (χ0) is 20.4. The topological polar surface area (TPSA) is 196 Å². The molecule has 0 aromatic carbocycles. The summed E-state index contributed by atoms with van der Waals surface area (Å²) in [5, 5.41) is 0. The summed E-state index contributed by atoms with van der Waals surface area (Å²) in [5.74, 6) is 0.0132. The SMILES string of the molecule is C[C@H](OP(O)OP(O)OP(=O)(O)O)[C@@H]1C[C@H](C)[C@H](n2ccc(N)nc2=O)O1. The van der Waals surface area contributed by atoms with Gasteiger partial charge in [-0.1, -0.05) is 6.92 Å². The van der Waals surface area contributed by atoms with Gasteiger partial charge in [0.1, 0.15) is 12.0 Å². The minimum absolute atomic E-state index is 0.0806. The van der Waals surface area contributed by atoms with Crippen LogP contribution < -0.4 is 11.4 Å². The number of anilines is 1. The van der Waals surface area contributed by atoms with E-state index in [0.29, 0.717) is 6.42 Å². The van der Waals surface area contributed by atoms with Crippen LogP contribution in [0.25, 0.3) is 0 Å². The van der Waals surface area contributed by atoms with Crippen LogP contribution in [0.15, 0.2) is 17.1 Å². The first-order chi connectivity index (χ1) is 12.5. The molecular weight excluding hydrogens is 427 g/mol. The van der Waals surface area contributed by atoms with Gasteiger partial charge in [-0.05, 0) is 19.4 Å². The first kappa shape index (κ1) is 22.7. The summed E-state index contributed by atoms with van der Waals surface area (Å²) < 4.78 is 31.3. The van der Waals surface area contributed by atoms with Gasteiger partial charge < -0.3 is 34.6 Å². The average molecular weight is 447 g/mol. The van der Waals surface area contributed by atoms with Gasteiger partial charge in [0.15, 0.2) is 0 Å². The van der Waals surface area contributed by atoms with Crippen LogP contribution >= 0.6 is 25.0 Å². The van der Waals surface area contributed by atoms with Crippen LogP contribution in [0, 0.1) is 5.92 Å². The summed E-state index contributed by atoms with van der Waals surface area (Å²) >= 11 is 0. The van der Waals surface area contributed by atoms with Gasteiger partial charge in [0.2, 0.25) is 0 Å². The van der Waals surface area contributed by atoms with E-state index in [1.807, 2.05) is 6.92 Å². The van der Waals surface area contributed by atoms with Crippen molar-refractivity contribution in [2.75, 3.05) is 5.73 Å². The Hall–Kier alpha value is -0.550. The monoisotopic (exact) mass is 447 g/mol. The zero-order valence-corrected chi connectivity index (χ0v) is 16.9. The van der Waals surface area contributed by atoms with Crippen molar-refractivity contribution in [3.8, 4) is 0 Å². The summed E-state index contributed by atoms with van der Waals surface area (Å²) in [6, 6.07) is 1.47. The Morgan fingerprint density at radius 3 is 2.70 bits per heavy atom. The van der Waals surface area contributed by atoms with E-state index in [0.717, 1.165) is 0 Å². The van der Waals surface area contributed by atoms with E-state index >= 15 is 0 Å². The highest BCUT2D eigenvalue weighted by Gasteiger charge is 2.38. The van der Waals surface area contributed by atoms with Crippen LogP contribution in [0.2, 0.25) is 0 Å². The molecule has 6 N–H and O–H groups in total. The molecular formula is C11H20N3O10P3. The van der Waals surface area contributed by atoms with Gasteiger partial charge in [0.25, 0.3) is 0 Å². The van der Waals surface area contributed by atoms with Crippen LogP contribution in [0.1, 0.15) is 26.5 Å². The molecule has 13 nitrogen and oxygen atoms in total. The van der Waals surface area contributed by atoms with Crippen LogP contribution in [0.3, 0.4) is 0 Å². The van der Waals surface area contributed by atoms with Gasteiger partial charge in [0, 0.05) is 12.1 Å². The van der Waals surface area contributed by atoms with Crippen molar-refractivity contribution in [1.82, 2.24) is 9.55 Å². The van der Waals surface area contributed by atoms with Crippen molar-refractivity contribution in [1.29, 1.82) is 0 Å². The number of aromatic nitrogens is 2. The number of nitrogens with zero attached hydrogens (tertiary/aromatic N) is 2. The molecule has 1 aliphatic heterocycles. The van der Waals surface area contributed by atoms with E-state index in [4.69, 9.17) is 24.8 Å². The van der Waals surface area contributed by atoms with Gasteiger partial charge in [-0.2, -0.15) is 4.98 Å². The van der Waals surface area contributed by atoms with E-state index in [1.54, 1.807) is 6.92 Å². The molecule has 2 heterocycles. The molecule has 2 rings (SSSR count). The third-order valence-corrected chi connectivity index (χ3v) is 6.67. The highest BCUT2D eigenvalue weighted by Crippen LogP contribution is 2.58. The number of nitrogen functional groups attached to an aromatic ring is 1. The standard InChI is InChI=1S/C11H20N3O10P3/c1-6-5-8(21-10(6)14-4-3-9(12)13-11(14)15)7(2)22-25(16)23-26(17)24-27(18,19)20/h3-4,6-8,10,16-17H,5H2,1-2H3,(H2,12,13,15)(H2,18,19,20)/t6-,7-,8-,10+,25?,26?/m0/s1. The molecule has 0 radical (unpaired) electrons. The van der Waals surface area contributed by atoms with Crippen molar-refractivity contribution in [2.24, 2.45) is 5.92 Å². The van der Waals surface area contributed by atoms with E-state index in [-0.39, 0.29) is 11.7 Å². The predicted molar refractivity (Wildman–Crippen MR) is 93.6 cm³/mol. The minimum atomic E-state index is -4.97. The molecule has 0 aliphatic carbocycles. The fourth-order valence-corrected chi connectivity index (χ4v) is 4.68. The molecule has 1 fully saturated rings. The number of ether oxygens (including phenoxy) is 1. The smallest absolute Gasteiger partial charge is 0.383 e. The lowest BCUT2D eigenvalue weighted by Crippen LogP contribution is -2.30. The van der Waals surface area contributed by atoms with Crippen molar-refractivity contribution >= 4 is 30.8 Å². The molecule has 1 aromatic heterocycles. The molecule has 1 saturated heterocycles. The molecule has 27 heavy (non-hydrogen) atoms. The number of hydrogen-bond donors (Lipinski definition) is 5. The van der Waals surface area contributed by atoms with Crippen molar-refractivity contribution in [3.63, 3.8) is 0 Å². The Labute approximate surface area is 156 Å². The lowest BCUT2D eigenvalue weighted by atomic mass is 10.0. The fourth-order valence-electron chi connectivity index (χ4n) is 2.51. The van der Waals surface area contributed by atoms with Crippen LogP contribution in [0.4, 0.5) is 5.82 Å². The minimum Gasteiger partial charge on any atom is -0.383 e. The highest BCUT2D eigenvalue weighted by molar-refractivity contribution is 7.62. The lowest BCUT2D eigenvalue weighted by molar-refractivity contribution is -0.0553. The van der Waals surface area contributed by atoms with Gasteiger partial charge in [0.05, 0.1) is 12.2 Å². The van der Waals surface area contributed by atoms with Gasteiger partial charge in [-0.3, -0.25) is 4.57 Å². The summed E-state index contributed by atoms with van der Waals surface area (Å²) in [6.07, 6.45) is 0.103. The number of hydrogen-bond acceptors (Lipinski definition) is 10. The molecule has 16 heteroatoms. The fraction of sp³-hybridized carbons (Fsp3) is 0.636. The molecule has 0 amide bonds. The van der Waals surface area contributed by atoms with Crippen LogP contribution in [-0.2, 0) is 22.4 Å². The van der Waals surface area contributed by atoms with Crippen molar-refractivity contribution in [3.05, 3.63) is 22.7 Å². The third kappa shape index (κ3) is 6.77. The van der Waals surface area contributed by atoms with Crippen molar-refractivity contribution in [2.45, 2.75) is 38.7 Å². The predicted octanol–water partition coefficient (Wildman–Crippen LogP) is 0.718. The highest BCUT2D eigenvalue weighted by atomic mass is 31.3. The van der Waals surface area contributed by atoms with E-state index in [2.05, 4.69) is 13.6 Å². The third-order valence-electron chi connectivity index (χ3n) is 3.63.